The molecule has 2 amide bonds. The van der Waals surface area contributed by atoms with Crippen LogP contribution in [-0.2, 0) is 14.4 Å². The van der Waals surface area contributed by atoms with Crippen LogP contribution in [0.5, 0.6) is 0 Å². The third kappa shape index (κ3) is 5.81. The van der Waals surface area contributed by atoms with E-state index in [1.807, 2.05) is 60.7 Å². The fourth-order valence-corrected chi connectivity index (χ4v) is 3.22. The van der Waals surface area contributed by atoms with E-state index in [2.05, 4.69) is 5.32 Å². The molecule has 1 fully saturated rings. The van der Waals surface area contributed by atoms with Gasteiger partial charge in [-0.2, -0.15) is 0 Å². The van der Waals surface area contributed by atoms with E-state index in [9.17, 15) is 14.4 Å². The second-order valence-corrected chi connectivity index (χ2v) is 7.85. The molecule has 2 aromatic carbocycles. The highest BCUT2D eigenvalue weighted by Crippen LogP contribution is 2.22. The molecule has 0 radical (unpaired) electrons. The topological polar surface area (TPSA) is 66.5 Å². The van der Waals surface area contributed by atoms with Crippen molar-refractivity contribution in [1.82, 2.24) is 10.2 Å². The minimum Gasteiger partial charge on any atom is -0.345 e. The minimum atomic E-state index is -1.25. The van der Waals surface area contributed by atoms with Gasteiger partial charge in [0.1, 0.15) is 0 Å². The summed E-state index contributed by atoms with van der Waals surface area (Å²) in [6, 6.07) is 18.9. The van der Waals surface area contributed by atoms with Crippen molar-refractivity contribution in [2.24, 2.45) is 0 Å². The first-order chi connectivity index (χ1) is 14.4. The van der Waals surface area contributed by atoms with Crippen LogP contribution in [0.4, 0.5) is 0 Å². The minimum absolute atomic E-state index is 0.0997. The fraction of sp³-hybridized carbons (Fsp3) is 0.174. The van der Waals surface area contributed by atoms with Crippen molar-refractivity contribution in [1.29, 1.82) is 0 Å². The Morgan fingerprint density at radius 1 is 0.900 bits per heavy atom. The summed E-state index contributed by atoms with van der Waals surface area (Å²) in [4.78, 5) is 37.6. The third-order valence-electron chi connectivity index (χ3n) is 4.55. The van der Waals surface area contributed by atoms with Crippen molar-refractivity contribution < 1.29 is 14.4 Å². The molecular weight excluding hydrogens is 423 g/mol. The first-order valence-corrected chi connectivity index (χ1v) is 10.2. The molecule has 3 rings (SSSR count). The van der Waals surface area contributed by atoms with Crippen LogP contribution in [0.25, 0.3) is 12.2 Å². The van der Waals surface area contributed by atoms with Gasteiger partial charge in [-0.25, -0.2) is 0 Å². The number of halogens is 2. The molecule has 1 aliphatic rings. The number of likely N-dealkylation sites (tertiary alicyclic amines) is 1. The number of rotatable bonds is 5. The van der Waals surface area contributed by atoms with E-state index in [0.29, 0.717) is 11.1 Å². The zero-order chi connectivity index (χ0) is 21.5. The van der Waals surface area contributed by atoms with Gasteiger partial charge < -0.3 is 10.2 Å². The number of hydrogen-bond donors (Lipinski definition) is 1. The maximum atomic E-state index is 13.1. The number of carbonyl (C=O) groups excluding carboxylic acids is 3. The summed E-state index contributed by atoms with van der Waals surface area (Å²) in [5.74, 6) is -1.07. The highest BCUT2D eigenvalue weighted by molar-refractivity contribution is 6.53. The van der Waals surface area contributed by atoms with E-state index >= 15 is 0 Å². The molecule has 7 heteroatoms. The number of amides is 2. The summed E-state index contributed by atoms with van der Waals surface area (Å²) >= 11 is 11.0. The lowest BCUT2D eigenvalue weighted by atomic mass is 9.94. The SMILES string of the molecule is O=C1/C(=C/c2ccccc2)CN(C(=O)CNC(=O)C(Cl)Cl)C/C1=C\c1ccccc1. The Bertz CT molecular complexity index is 925. The van der Waals surface area contributed by atoms with Gasteiger partial charge in [-0.15, -0.1) is 0 Å². The van der Waals surface area contributed by atoms with Crippen molar-refractivity contribution in [2.75, 3.05) is 19.6 Å². The number of benzene rings is 2. The van der Waals surface area contributed by atoms with Crippen LogP contribution in [-0.4, -0.2) is 47.0 Å². The smallest absolute Gasteiger partial charge is 0.253 e. The number of nitrogens with one attached hydrogen (secondary N) is 1. The van der Waals surface area contributed by atoms with Crippen molar-refractivity contribution in [3.05, 3.63) is 82.9 Å². The summed E-state index contributed by atoms with van der Waals surface area (Å²) in [7, 11) is 0. The van der Waals surface area contributed by atoms with E-state index in [-0.39, 0.29) is 31.3 Å². The van der Waals surface area contributed by atoms with Crippen LogP contribution in [0.3, 0.4) is 0 Å². The third-order valence-corrected chi connectivity index (χ3v) is 4.95. The molecule has 0 aromatic heterocycles. The molecular formula is C23H20Cl2N2O3. The number of piperidine rings is 1. The quantitative estimate of drug-likeness (QED) is 0.569. The summed E-state index contributed by atoms with van der Waals surface area (Å²) in [6.45, 7) is 0.0552. The van der Waals surface area contributed by atoms with E-state index in [1.165, 1.54) is 4.90 Å². The van der Waals surface area contributed by atoms with E-state index in [1.54, 1.807) is 12.2 Å². The van der Waals surface area contributed by atoms with Gasteiger partial charge in [0.15, 0.2) is 10.6 Å². The van der Waals surface area contributed by atoms with Gasteiger partial charge in [0.25, 0.3) is 5.91 Å². The standard InChI is InChI=1S/C23H20Cl2N2O3/c24-22(25)23(30)26-13-20(28)27-14-18(11-16-7-3-1-4-8-16)21(29)19(15-27)12-17-9-5-2-6-10-17/h1-12,22H,13-15H2,(H,26,30)/b18-11+,19-12+. The Labute approximate surface area is 185 Å². The molecule has 1 heterocycles. The van der Waals surface area contributed by atoms with Gasteiger partial charge in [0.2, 0.25) is 5.91 Å². The maximum Gasteiger partial charge on any atom is 0.253 e. The normalized spacial score (nSPS) is 16.9. The van der Waals surface area contributed by atoms with Crippen LogP contribution >= 0.6 is 23.2 Å². The Morgan fingerprint density at radius 2 is 1.37 bits per heavy atom. The summed E-state index contributed by atoms with van der Waals surface area (Å²) in [6.07, 6.45) is 3.57. The largest absolute Gasteiger partial charge is 0.345 e. The van der Waals surface area contributed by atoms with E-state index in [4.69, 9.17) is 23.2 Å². The van der Waals surface area contributed by atoms with Crippen LogP contribution in [0.15, 0.2) is 71.8 Å². The van der Waals surface area contributed by atoms with Crippen LogP contribution in [0.2, 0.25) is 0 Å². The molecule has 0 spiro atoms. The molecule has 2 aromatic rings. The molecule has 0 bridgehead atoms. The molecule has 1 saturated heterocycles. The number of ketones is 1. The number of nitrogens with zero attached hydrogens (tertiary/aromatic N) is 1. The van der Waals surface area contributed by atoms with Crippen LogP contribution < -0.4 is 5.32 Å². The van der Waals surface area contributed by atoms with Crippen molar-refractivity contribution in [2.45, 2.75) is 4.84 Å². The number of Topliss-reactive ketones (excluding diaryl/α,β-unsaturated/α-hetero) is 1. The zero-order valence-electron chi connectivity index (χ0n) is 16.1. The molecule has 0 saturated carbocycles. The number of carbonyl (C=O) groups is 3. The van der Waals surface area contributed by atoms with Gasteiger partial charge in [-0.3, -0.25) is 14.4 Å². The molecule has 0 atom stereocenters. The maximum absolute atomic E-state index is 13.1. The van der Waals surface area contributed by atoms with Gasteiger partial charge in [-0.1, -0.05) is 83.9 Å². The second-order valence-electron chi connectivity index (χ2n) is 6.76. The van der Waals surface area contributed by atoms with Crippen LogP contribution in [0, 0.1) is 0 Å². The summed E-state index contributed by atoms with van der Waals surface area (Å²) < 4.78 is 0. The zero-order valence-corrected chi connectivity index (χ0v) is 17.6. The number of hydrogen-bond acceptors (Lipinski definition) is 3. The van der Waals surface area contributed by atoms with Gasteiger partial charge in [0, 0.05) is 24.2 Å². The van der Waals surface area contributed by atoms with E-state index < -0.39 is 10.7 Å². The Hall–Kier alpha value is -2.89. The molecule has 1 aliphatic heterocycles. The molecule has 5 nitrogen and oxygen atoms in total. The summed E-state index contributed by atoms with van der Waals surface area (Å²) in [5.41, 5.74) is 2.74. The first kappa shape index (κ1) is 21.8. The fourth-order valence-electron chi connectivity index (χ4n) is 3.07. The Kier molecular flexibility index (Phi) is 7.44. The number of alkyl halides is 2. The van der Waals surface area contributed by atoms with Crippen molar-refractivity contribution in [3.8, 4) is 0 Å². The average Bonchev–Trinajstić information content (AvgIpc) is 2.75. The molecule has 0 aliphatic carbocycles. The highest BCUT2D eigenvalue weighted by Gasteiger charge is 2.29. The van der Waals surface area contributed by atoms with Gasteiger partial charge in [-0.05, 0) is 23.3 Å². The lowest BCUT2D eigenvalue weighted by molar-refractivity contribution is -0.132. The van der Waals surface area contributed by atoms with E-state index in [0.717, 1.165) is 11.1 Å². The first-order valence-electron chi connectivity index (χ1n) is 9.33. The lowest BCUT2D eigenvalue weighted by Crippen LogP contribution is -2.46. The van der Waals surface area contributed by atoms with Gasteiger partial charge >= 0.3 is 0 Å². The van der Waals surface area contributed by atoms with Crippen LogP contribution in [0.1, 0.15) is 11.1 Å². The summed E-state index contributed by atoms with van der Waals surface area (Å²) in [5, 5.41) is 2.40. The molecule has 154 valence electrons. The predicted octanol–water partition coefficient (Wildman–Crippen LogP) is 3.48. The lowest BCUT2D eigenvalue weighted by Gasteiger charge is -2.30. The predicted molar refractivity (Wildman–Crippen MR) is 119 cm³/mol. The van der Waals surface area contributed by atoms with Crippen molar-refractivity contribution in [3.63, 3.8) is 0 Å². The Morgan fingerprint density at radius 3 is 1.80 bits per heavy atom. The van der Waals surface area contributed by atoms with Gasteiger partial charge in [0.05, 0.1) is 6.54 Å². The average molecular weight is 443 g/mol. The Balaban J connectivity index is 1.87. The van der Waals surface area contributed by atoms with Crippen molar-refractivity contribution >= 4 is 53.0 Å². The molecule has 0 unspecified atom stereocenters. The molecule has 1 N–H and O–H groups in total. The monoisotopic (exact) mass is 442 g/mol. The second kappa shape index (κ2) is 10.2. The highest BCUT2D eigenvalue weighted by atomic mass is 35.5. The molecule has 30 heavy (non-hydrogen) atoms.